The fourth-order valence-corrected chi connectivity index (χ4v) is 3.04. The monoisotopic (exact) mass is 355 g/mol. The third kappa shape index (κ3) is 3.23. The first-order chi connectivity index (χ1) is 12.5. The van der Waals surface area contributed by atoms with Gasteiger partial charge in [-0.05, 0) is 44.7 Å². The molecule has 0 saturated heterocycles. The van der Waals surface area contributed by atoms with Crippen LogP contribution in [0.15, 0.2) is 24.3 Å². The summed E-state index contributed by atoms with van der Waals surface area (Å²) >= 11 is 0. The quantitative estimate of drug-likeness (QED) is 0.610. The van der Waals surface area contributed by atoms with Crippen molar-refractivity contribution in [3.8, 4) is 5.88 Å². The lowest BCUT2D eigenvalue weighted by Crippen LogP contribution is -2.19. The van der Waals surface area contributed by atoms with E-state index in [1.54, 1.807) is 13.8 Å². The minimum atomic E-state index is -0.713. The van der Waals surface area contributed by atoms with Gasteiger partial charge in [0, 0.05) is 5.56 Å². The summed E-state index contributed by atoms with van der Waals surface area (Å²) < 4.78 is 12.7. The van der Waals surface area contributed by atoms with E-state index in [2.05, 4.69) is 18.8 Å². The molecule has 2 aromatic heterocycles. The summed E-state index contributed by atoms with van der Waals surface area (Å²) in [6.07, 6.45) is 0.666. The average Bonchev–Trinajstić information content (AvgIpc) is 2.98. The highest BCUT2D eigenvalue weighted by Crippen LogP contribution is 2.32. The SMILES string of the molecule is CCc1c(C(C)CC)nc2nc3ccccc3n2c1OC(=O)OC(C)C. The van der Waals surface area contributed by atoms with Crippen molar-refractivity contribution in [2.24, 2.45) is 0 Å². The molecule has 0 N–H and O–H groups in total. The van der Waals surface area contributed by atoms with E-state index in [-0.39, 0.29) is 12.0 Å². The van der Waals surface area contributed by atoms with E-state index in [1.807, 2.05) is 35.6 Å². The molecule has 0 aliphatic heterocycles. The van der Waals surface area contributed by atoms with E-state index in [0.717, 1.165) is 28.7 Å². The van der Waals surface area contributed by atoms with Gasteiger partial charge in [-0.1, -0.05) is 32.9 Å². The molecule has 3 rings (SSSR count). The van der Waals surface area contributed by atoms with Crippen molar-refractivity contribution in [2.75, 3.05) is 0 Å². The number of ether oxygens (including phenoxy) is 2. The van der Waals surface area contributed by atoms with Crippen molar-refractivity contribution in [1.82, 2.24) is 14.4 Å². The summed E-state index contributed by atoms with van der Waals surface area (Å²) in [5.41, 5.74) is 3.50. The van der Waals surface area contributed by atoms with Gasteiger partial charge >= 0.3 is 6.16 Å². The molecule has 0 radical (unpaired) electrons. The molecule has 0 amide bonds. The Kier molecular flexibility index (Phi) is 5.11. The Morgan fingerprint density at radius 1 is 1.15 bits per heavy atom. The second kappa shape index (κ2) is 7.32. The lowest BCUT2D eigenvalue weighted by atomic mass is 9.99. The Labute approximate surface area is 153 Å². The topological polar surface area (TPSA) is 65.7 Å². The molecule has 0 fully saturated rings. The van der Waals surface area contributed by atoms with Crippen LogP contribution in [0.3, 0.4) is 0 Å². The second-order valence-electron chi connectivity index (χ2n) is 6.70. The van der Waals surface area contributed by atoms with Crippen molar-refractivity contribution in [3.05, 3.63) is 35.5 Å². The first-order valence-electron chi connectivity index (χ1n) is 9.14. The molecule has 1 aromatic carbocycles. The molecule has 26 heavy (non-hydrogen) atoms. The number of nitrogens with zero attached hydrogens (tertiary/aromatic N) is 3. The second-order valence-corrected chi connectivity index (χ2v) is 6.70. The van der Waals surface area contributed by atoms with Crippen LogP contribution in [0.4, 0.5) is 4.79 Å². The molecule has 138 valence electrons. The molecule has 0 aliphatic carbocycles. The summed E-state index contributed by atoms with van der Waals surface area (Å²) in [6.45, 7) is 9.86. The van der Waals surface area contributed by atoms with Gasteiger partial charge in [0.1, 0.15) is 0 Å². The Morgan fingerprint density at radius 2 is 1.88 bits per heavy atom. The van der Waals surface area contributed by atoms with Crippen LogP contribution in [0.1, 0.15) is 58.2 Å². The fraction of sp³-hybridized carbons (Fsp3) is 0.450. The fourth-order valence-electron chi connectivity index (χ4n) is 3.04. The van der Waals surface area contributed by atoms with Gasteiger partial charge in [0.25, 0.3) is 0 Å². The van der Waals surface area contributed by atoms with E-state index in [0.29, 0.717) is 18.1 Å². The Balaban J connectivity index is 2.29. The van der Waals surface area contributed by atoms with Gasteiger partial charge in [-0.25, -0.2) is 19.2 Å². The minimum Gasteiger partial charge on any atom is -0.431 e. The van der Waals surface area contributed by atoms with E-state index in [1.165, 1.54) is 0 Å². The number of hydrogen-bond acceptors (Lipinski definition) is 5. The molecule has 0 spiro atoms. The normalized spacial score (nSPS) is 12.7. The first kappa shape index (κ1) is 18.2. The van der Waals surface area contributed by atoms with Crippen LogP contribution in [0.5, 0.6) is 5.88 Å². The van der Waals surface area contributed by atoms with Gasteiger partial charge in [-0.2, -0.15) is 0 Å². The van der Waals surface area contributed by atoms with Crippen molar-refractivity contribution in [1.29, 1.82) is 0 Å². The Bertz CT molecular complexity index is 946. The lowest BCUT2D eigenvalue weighted by Gasteiger charge is -2.18. The summed E-state index contributed by atoms with van der Waals surface area (Å²) in [5.74, 6) is 1.22. The van der Waals surface area contributed by atoms with E-state index >= 15 is 0 Å². The number of fused-ring (bicyclic) bond motifs is 3. The molecule has 6 nitrogen and oxygen atoms in total. The minimum absolute atomic E-state index is 0.234. The molecule has 6 heteroatoms. The van der Waals surface area contributed by atoms with Gasteiger partial charge < -0.3 is 9.47 Å². The molecule has 1 unspecified atom stereocenters. The lowest BCUT2D eigenvalue weighted by molar-refractivity contribution is 0.0709. The van der Waals surface area contributed by atoms with E-state index in [9.17, 15) is 4.79 Å². The number of imidazole rings is 1. The van der Waals surface area contributed by atoms with Crippen LogP contribution in [0.25, 0.3) is 16.8 Å². The van der Waals surface area contributed by atoms with Crippen LogP contribution in [0.2, 0.25) is 0 Å². The van der Waals surface area contributed by atoms with Gasteiger partial charge in [0.15, 0.2) is 0 Å². The summed E-state index contributed by atoms with van der Waals surface area (Å²) in [6, 6.07) is 7.73. The van der Waals surface area contributed by atoms with E-state index < -0.39 is 6.16 Å². The summed E-state index contributed by atoms with van der Waals surface area (Å²) in [7, 11) is 0. The highest BCUT2D eigenvalue weighted by atomic mass is 16.7. The number of rotatable bonds is 5. The molecule has 0 bridgehead atoms. The van der Waals surface area contributed by atoms with Gasteiger partial charge in [0.2, 0.25) is 11.7 Å². The maximum atomic E-state index is 12.2. The van der Waals surface area contributed by atoms with Crippen LogP contribution >= 0.6 is 0 Å². The van der Waals surface area contributed by atoms with Crippen molar-refractivity contribution < 1.29 is 14.3 Å². The van der Waals surface area contributed by atoms with Crippen molar-refractivity contribution in [2.45, 2.75) is 59.5 Å². The summed E-state index contributed by atoms with van der Waals surface area (Å²) in [5, 5.41) is 0. The maximum absolute atomic E-state index is 12.2. The molecular weight excluding hydrogens is 330 g/mol. The highest BCUT2D eigenvalue weighted by molar-refractivity contribution is 5.81. The number of aromatic nitrogens is 3. The number of carbonyl (C=O) groups excluding carboxylic acids is 1. The standard InChI is InChI=1S/C20H25N3O3/c1-6-13(5)17-14(7-2)18(26-20(24)25-12(3)4)23-16-11-9-8-10-15(16)21-19(23)22-17/h8-13H,6-7H2,1-5H3. The third-order valence-corrected chi connectivity index (χ3v) is 4.48. The maximum Gasteiger partial charge on any atom is 0.515 e. The first-order valence-corrected chi connectivity index (χ1v) is 9.14. The zero-order valence-electron chi connectivity index (χ0n) is 15.9. The van der Waals surface area contributed by atoms with Gasteiger partial charge in [-0.15, -0.1) is 0 Å². The van der Waals surface area contributed by atoms with E-state index in [4.69, 9.17) is 14.5 Å². The van der Waals surface area contributed by atoms with Gasteiger partial charge in [0.05, 0.1) is 22.8 Å². The van der Waals surface area contributed by atoms with Crippen LogP contribution < -0.4 is 4.74 Å². The molecular formula is C20H25N3O3. The van der Waals surface area contributed by atoms with Crippen molar-refractivity contribution in [3.63, 3.8) is 0 Å². The average molecular weight is 355 g/mol. The number of carbonyl (C=O) groups is 1. The van der Waals surface area contributed by atoms with Gasteiger partial charge in [-0.3, -0.25) is 0 Å². The number of benzene rings is 1. The molecule has 3 aromatic rings. The van der Waals surface area contributed by atoms with Crippen molar-refractivity contribution >= 4 is 23.0 Å². The smallest absolute Gasteiger partial charge is 0.431 e. The third-order valence-electron chi connectivity index (χ3n) is 4.48. The number of hydrogen-bond donors (Lipinski definition) is 0. The predicted molar refractivity (Wildman–Crippen MR) is 101 cm³/mol. The van der Waals surface area contributed by atoms with Crippen LogP contribution in [0, 0.1) is 0 Å². The Morgan fingerprint density at radius 3 is 2.54 bits per heavy atom. The van der Waals surface area contributed by atoms with Crippen LogP contribution in [-0.2, 0) is 11.2 Å². The molecule has 0 aliphatic rings. The predicted octanol–water partition coefficient (Wildman–Crippen LogP) is 4.88. The largest absolute Gasteiger partial charge is 0.515 e. The zero-order chi connectivity index (χ0) is 18.8. The molecule has 0 saturated carbocycles. The van der Waals surface area contributed by atoms with Crippen LogP contribution in [-0.4, -0.2) is 26.6 Å². The Hall–Kier alpha value is -2.63. The molecule has 1 atom stereocenters. The summed E-state index contributed by atoms with van der Waals surface area (Å²) in [4.78, 5) is 21.7. The molecule has 2 heterocycles. The number of para-hydroxylation sites is 2. The highest BCUT2D eigenvalue weighted by Gasteiger charge is 2.24. The zero-order valence-corrected chi connectivity index (χ0v) is 15.9.